The fourth-order valence-corrected chi connectivity index (χ4v) is 6.00. The van der Waals surface area contributed by atoms with E-state index in [0.29, 0.717) is 22.7 Å². The highest BCUT2D eigenvalue weighted by Gasteiger charge is 2.34. The van der Waals surface area contributed by atoms with Crippen LogP contribution >= 0.6 is 11.6 Å². The van der Waals surface area contributed by atoms with Gasteiger partial charge in [0, 0.05) is 17.6 Å². The highest BCUT2D eigenvalue weighted by molar-refractivity contribution is 7.92. The minimum absolute atomic E-state index is 0.0586. The molecule has 0 spiro atoms. The maximum atomic E-state index is 14.1. The second kappa shape index (κ2) is 13.6. The molecule has 2 atom stereocenters. The van der Waals surface area contributed by atoms with Crippen molar-refractivity contribution < 1.29 is 18.0 Å². The summed E-state index contributed by atoms with van der Waals surface area (Å²) in [6, 6.07) is 21.3. The van der Waals surface area contributed by atoms with Crippen LogP contribution < -0.4 is 9.62 Å². The number of sulfonamides is 1. The molecule has 0 radical (unpaired) electrons. The Hall–Kier alpha value is -3.36. The van der Waals surface area contributed by atoms with Crippen molar-refractivity contribution in [2.24, 2.45) is 0 Å². The molecule has 3 aromatic rings. The van der Waals surface area contributed by atoms with Crippen LogP contribution in [0, 0.1) is 6.92 Å². The van der Waals surface area contributed by atoms with Crippen molar-refractivity contribution in [1.29, 1.82) is 0 Å². The highest BCUT2D eigenvalue weighted by Crippen LogP contribution is 2.29. The average molecular weight is 570 g/mol. The molecule has 3 aromatic carbocycles. The van der Waals surface area contributed by atoms with Gasteiger partial charge in [-0.2, -0.15) is 0 Å². The van der Waals surface area contributed by atoms with Crippen LogP contribution in [0.1, 0.15) is 44.7 Å². The van der Waals surface area contributed by atoms with Crippen molar-refractivity contribution in [3.63, 3.8) is 0 Å². The zero-order chi connectivity index (χ0) is 28.6. The molecule has 39 heavy (non-hydrogen) atoms. The number of nitrogens with one attached hydrogen (secondary N) is 1. The number of nitrogens with zero attached hydrogens (tertiary/aromatic N) is 2. The van der Waals surface area contributed by atoms with Gasteiger partial charge >= 0.3 is 0 Å². The van der Waals surface area contributed by atoms with Gasteiger partial charge in [-0.1, -0.05) is 74.0 Å². The summed E-state index contributed by atoms with van der Waals surface area (Å²) in [5.41, 5.74) is 1.78. The second-order valence-electron chi connectivity index (χ2n) is 9.50. The Morgan fingerprint density at radius 1 is 0.923 bits per heavy atom. The van der Waals surface area contributed by atoms with Crippen molar-refractivity contribution in [2.75, 3.05) is 10.8 Å². The van der Waals surface area contributed by atoms with E-state index in [0.717, 1.165) is 16.3 Å². The van der Waals surface area contributed by atoms with Gasteiger partial charge in [0.2, 0.25) is 11.8 Å². The number of benzene rings is 3. The van der Waals surface area contributed by atoms with Gasteiger partial charge in [-0.05, 0) is 68.1 Å². The number of carbonyl (C=O) groups excluding carboxylic acids is 2. The first-order valence-electron chi connectivity index (χ1n) is 13.1. The minimum atomic E-state index is -4.12. The minimum Gasteiger partial charge on any atom is -0.352 e. The third kappa shape index (κ3) is 7.61. The van der Waals surface area contributed by atoms with E-state index in [-0.39, 0.29) is 23.4 Å². The summed E-state index contributed by atoms with van der Waals surface area (Å²) in [4.78, 5) is 28.9. The molecule has 0 saturated heterocycles. The number of amides is 2. The van der Waals surface area contributed by atoms with Crippen LogP contribution in [0.15, 0.2) is 83.8 Å². The van der Waals surface area contributed by atoms with Crippen molar-refractivity contribution >= 4 is 39.1 Å². The van der Waals surface area contributed by atoms with Crippen LogP contribution in [-0.2, 0) is 26.2 Å². The number of hydrogen-bond donors (Lipinski definition) is 1. The molecule has 0 unspecified atom stereocenters. The summed E-state index contributed by atoms with van der Waals surface area (Å²) in [6.45, 7) is 7.14. The van der Waals surface area contributed by atoms with Crippen LogP contribution in [0.3, 0.4) is 0 Å². The summed E-state index contributed by atoms with van der Waals surface area (Å²) in [7, 11) is -4.12. The third-order valence-corrected chi connectivity index (χ3v) is 8.63. The molecule has 0 aliphatic carbocycles. The van der Waals surface area contributed by atoms with Crippen molar-refractivity contribution in [2.45, 2.75) is 64.1 Å². The monoisotopic (exact) mass is 569 g/mol. The van der Waals surface area contributed by atoms with Crippen molar-refractivity contribution in [3.05, 3.63) is 95.0 Å². The first-order valence-corrected chi connectivity index (χ1v) is 14.9. The molecule has 7 nitrogen and oxygen atoms in total. The van der Waals surface area contributed by atoms with Crippen molar-refractivity contribution in [3.8, 4) is 0 Å². The molecule has 208 valence electrons. The van der Waals surface area contributed by atoms with Crippen LogP contribution in [0.5, 0.6) is 0 Å². The molecule has 9 heteroatoms. The molecule has 0 saturated carbocycles. The molecule has 0 heterocycles. The molecule has 0 aliphatic heterocycles. The van der Waals surface area contributed by atoms with Gasteiger partial charge in [0.15, 0.2) is 0 Å². The van der Waals surface area contributed by atoms with E-state index in [4.69, 9.17) is 11.6 Å². The zero-order valence-corrected chi connectivity index (χ0v) is 24.4. The summed E-state index contributed by atoms with van der Waals surface area (Å²) in [5.74, 6) is -0.755. The molecule has 0 aromatic heterocycles. The van der Waals surface area contributed by atoms with Gasteiger partial charge in [-0.25, -0.2) is 8.42 Å². The third-order valence-electron chi connectivity index (χ3n) is 6.62. The molecule has 1 N–H and O–H groups in total. The van der Waals surface area contributed by atoms with E-state index in [1.54, 1.807) is 43.3 Å². The summed E-state index contributed by atoms with van der Waals surface area (Å²) >= 11 is 6.16. The molecule has 0 fully saturated rings. The van der Waals surface area contributed by atoms with E-state index in [9.17, 15) is 18.0 Å². The molecule has 0 bridgehead atoms. The summed E-state index contributed by atoms with van der Waals surface area (Å²) in [5, 5.41) is 3.44. The number of hydrogen-bond acceptors (Lipinski definition) is 4. The predicted molar refractivity (Wildman–Crippen MR) is 156 cm³/mol. The fourth-order valence-electron chi connectivity index (χ4n) is 4.27. The van der Waals surface area contributed by atoms with E-state index >= 15 is 0 Å². The molecule has 3 rings (SSSR count). The maximum absolute atomic E-state index is 14.1. The SMILES string of the molecule is CC[C@H](C)NC(=O)[C@H](CC)N(Cc1ccccc1)C(=O)CN(c1ccc(Cl)cc1C)S(=O)(=O)c1ccccc1. The number of aryl methyl sites for hydroxylation is 1. The Morgan fingerprint density at radius 2 is 1.54 bits per heavy atom. The van der Waals surface area contributed by atoms with Crippen molar-refractivity contribution in [1.82, 2.24) is 10.2 Å². The first kappa shape index (κ1) is 30.2. The van der Waals surface area contributed by atoms with E-state index in [1.165, 1.54) is 17.0 Å². The predicted octanol–water partition coefficient (Wildman–Crippen LogP) is 5.57. The van der Waals surface area contributed by atoms with E-state index in [2.05, 4.69) is 5.32 Å². The lowest BCUT2D eigenvalue weighted by molar-refractivity contribution is -0.140. The Kier molecular flexibility index (Phi) is 10.5. The largest absolute Gasteiger partial charge is 0.352 e. The van der Waals surface area contributed by atoms with Gasteiger partial charge in [0.25, 0.3) is 10.0 Å². The average Bonchev–Trinajstić information content (AvgIpc) is 2.92. The lowest BCUT2D eigenvalue weighted by atomic mass is 10.1. The van der Waals surface area contributed by atoms with Crippen LogP contribution in [0.4, 0.5) is 5.69 Å². The molecule has 2 amide bonds. The van der Waals surface area contributed by atoms with Crippen LogP contribution in [-0.4, -0.2) is 43.8 Å². The number of halogens is 1. The molecular weight excluding hydrogens is 534 g/mol. The lowest BCUT2D eigenvalue weighted by Crippen LogP contribution is -2.53. The second-order valence-corrected chi connectivity index (χ2v) is 11.8. The number of rotatable bonds is 12. The zero-order valence-electron chi connectivity index (χ0n) is 22.8. The first-order chi connectivity index (χ1) is 18.6. The quantitative estimate of drug-likeness (QED) is 0.309. The summed E-state index contributed by atoms with van der Waals surface area (Å²) in [6.07, 6.45) is 1.11. The number of anilines is 1. The van der Waals surface area contributed by atoms with Gasteiger partial charge < -0.3 is 10.2 Å². The van der Waals surface area contributed by atoms with E-state index in [1.807, 2.05) is 51.1 Å². The van der Waals surface area contributed by atoms with Gasteiger partial charge in [-0.15, -0.1) is 0 Å². The topological polar surface area (TPSA) is 86.8 Å². The Bertz CT molecular complexity index is 1370. The lowest BCUT2D eigenvalue weighted by Gasteiger charge is -2.34. The normalized spacial score (nSPS) is 12.8. The van der Waals surface area contributed by atoms with Crippen LogP contribution in [0.2, 0.25) is 5.02 Å². The van der Waals surface area contributed by atoms with E-state index < -0.39 is 28.5 Å². The smallest absolute Gasteiger partial charge is 0.264 e. The van der Waals surface area contributed by atoms with Gasteiger partial charge in [0.1, 0.15) is 12.6 Å². The standard InChI is InChI=1S/C30H36ClN3O4S/c1-5-23(4)32-30(36)27(6-2)33(20-24-13-9-7-10-14-24)29(35)21-34(28-18-17-25(31)19-22(28)3)39(37,38)26-15-11-8-12-16-26/h7-19,23,27H,5-6,20-21H2,1-4H3,(H,32,36)/t23-,27-/m0/s1. The summed E-state index contributed by atoms with van der Waals surface area (Å²) < 4.78 is 28.9. The van der Waals surface area contributed by atoms with Gasteiger partial charge in [-0.3, -0.25) is 13.9 Å². The number of carbonyl (C=O) groups is 2. The Labute approximate surface area is 236 Å². The highest BCUT2D eigenvalue weighted by atomic mass is 35.5. The Balaban J connectivity index is 2.07. The molecular formula is C30H36ClN3O4S. The van der Waals surface area contributed by atoms with Gasteiger partial charge in [0.05, 0.1) is 10.6 Å². The maximum Gasteiger partial charge on any atom is 0.264 e. The molecule has 0 aliphatic rings. The fraction of sp³-hybridized carbons (Fsp3) is 0.333. The Morgan fingerprint density at radius 3 is 2.10 bits per heavy atom. The van der Waals surface area contributed by atoms with Crippen LogP contribution in [0.25, 0.3) is 0 Å².